The van der Waals surface area contributed by atoms with Crippen molar-refractivity contribution in [3.8, 4) is 0 Å². The molecule has 6 heteroatoms. The first-order valence-corrected chi connectivity index (χ1v) is 8.93. The lowest BCUT2D eigenvalue weighted by Gasteiger charge is -2.18. The van der Waals surface area contributed by atoms with Crippen LogP contribution >= 0.6 is 24.0 Å². The van der Waals surface area contributed by atoms with Crippen LogP contribution in [0.4, 0.5) is 0 Å². The molecule has 120 valence electrons. The molecule has 1 amide bonds. The minimum atomic E-state index is -0.00130. The minimum absolute atomic E-state index is 0.00130. The van der Waals surface area contributed by atoms with Gasteiger partial charge in [0.05, 0.1) is 24.5 Å². The summed E-state index contributed by atoms with van der Waals surface area (Å²) in [5.41, 5.74) is 0. The number of nitrogens with zero attached hydrogens (tertiary/aromatic N) is 1. The number of nitrogens with one attached hydrogen (secondary N) is 1. The monoisotopic (exact) mass is 339 g/mol. The van der Waals surface area contributed by atoms with E-state index in [9.17, 15) is 4.79 Å². The Morgan fingerprint density at radius 3 is 2.68 bits per heavy atom. The Balaban J connectivity index is 1.95. The van der Waals surface area contributed by atoms with Crippen LogP contribution in [0.3, 0.4) is 0 Å². The molecule has 1 N–H and O–H groups in total. The summed E-state index contributed by atoms with van der Waals surface area (Å²) in [7, 11) is 0. The van der Waals surface area contributed by atoms with Gasteiger partial charge in [-0.15, -0.1) is 0 Å². The number of quaternary nitrogens is 1. The van der Waals surface area contributed by atoms with Crippen molar-refractivity contribution in [3.05, 3.63) is 28.6 Å². The first-order chi connectivity index (χ1) is 10.5. The van der Waals surface area contributed by atoms with Gasteiger partial charge in [0.2, 0.25) is 0 Å². The van der Waals surface area contributed by atoms with E-state index in [4.69, 9.17) is 16.6 Å². The lowest BCUT2D eigenvalue weighted by Crippen LogP contribution is -3.11. The summed E-state index contributed by atoms with van der Waals surface area (Å²) < 4.78 is 6.15. The fourth-order valence-corrected chi connectivity index (χ4v) is 3.73. The zero-order chi connectivity index (χ0) is 16.1. The summed E-state index contributed by atoms with van der Waals surface area (Å²) >= 11 is 6.70. The molecule has 0 bridgehead atoms. The minimum Gasteiger partial charge on any atom is -0.462 e. The van der Waals surface area contributed by atoms with Crippen LogP contribution in [-0.4, -0.2) is 41.3 Å². The molecule has 1 aliphatic rings. The van der Waals surface area contributed by atoms with Crippen molar-refractivity contribution >= 4 is 40.3 Å². The Hall–Kier alpha value is -1.11. The second-order valence-electron chi connectivity index (χ2n) is 5.34. The third kappa shape index (κ3) is 4.21. The summed E-state index contributed by atoms with van der Waals surface area (Å²) in [6.07, 6.45) is 2.75. The highest BCUT2D eigenvalue weighted by Crippen LogP contribution is 2.32. The Labute approximate surface area is 141 Å². The van der Waals surface area contributed by atoms with Gasteiger partial charge in [0.15, 0.2) is 0 Å². The smallest absolute Gasteiger partial charge is 0.266 e. The summed E-state index contributed by atoms with van der Waals surface area (Å²) in [6.45, 7) is 10.3. The van der Waals surface area contributed by atoms with Gasteiger partial charge < -0.3 is 9.32 Å². The van der Waals surface area contributed by atoms with E-state index < -0.39 is 0 Å². The average molecular weight is 340 g/mol. The quantitative estimate of drug-likeness (QED) is 0.610. The first-order valence-electron chi connectivity index (χ1n) is 7.70. The molecule has 22 heavy (non-hydrogen) atoms. The topological polar surface area (TPSA) is 37.9 Å². The van der Waals surface area contributed by atoms with Crippen LogP contribution in [-0.2, 0) is 4.79 Å². The maximum Gasteiger partial charge on any atom is 0.266 e. The maximum atomic E-state index is 12.4. The molecule has 1 aromatic rings. The van der Waals surface area contributed by atoms with Crippen molar-refractivity contribution in [2.45, 2.75) is 27.2 Å². The zero-order valence-corrected chi connectivity index (χ0v) is 15.0. The zero-order valence-electron chi connectivity index (χ0n) is 13.3. The number of amides is 1. The Kier molecular flexibility index (Phi) is 6.23. The van der Waals surface area contributed by atoms with E-state index >= 15 is 0 Å². The number of hydrogen-bond acceptors (Lipinski definition) is 4. The van der Waals surface area contributed by atoms with Gasteiger partial charge >= 0.3 is 0 Å². The van der Waals surface area contributed by atoms with E-state index in [1.807, 2.05) is 19.1 Å². The van der Waals surface area contributed by atoms with Gasteiger partial charge in [-0.2, -0.15) is 0 Å². The van der Waals surface area contributed by atoms with Crippen molar-refractivity contribution < 1.29 is 14.1 Å². The fourth-order valence-electron chi connectivity index (χ4n) is 2.44. The Bertz CT molecular complexity index is 576. The molecule has 1 aromatic heterocycles. The first kappa shape index (κ1) is 17.2. The number of carbonyl (C=O) groups is 1. The van der Waals surface area contributed by atoms with E-state index in [0.29, 0.717) is 21.5 Å². The predicted molar refractivity (Wildman–Crippen MR) is 94.9 cm³/mol. The highest BCUT2D eigenvalue weighted by molar-refractivity contribution is 8.26. The molecule has 0 atom stereocenters. The van der Waals surface area contributed by atoms with Gasteiger partial charge in [-0.25, -0.2) is 0 Å². The molecule has 1 fully saturated rings. The normalized spacial score (nSPS) is 17.3. The van der Waals surface area contributed by atoms with Crippen LogP contribution in [0.2, 0.25) is 0 Å². The lowest BCUT2D eigenvalue weighted by atomic mass is 10.3. The van der Waals surface area contributed by atoms with Gasteiger partial charge in [-0.05, 0) is 32.9 Å². The largest absolute Gasteiger partial charge is 0.462 e. The van der Waals surface area contributed by atoms with Crippen LogP contribution in [0.1, 0.15) is 31.8 Å². The summed E-state index contributed by atoms with van der Waals surface area (Å²) in [5, 5.41) is 0. The molecular weight excluding hydrogens is 316 g/mol. The highest BCUT2D eigenvalue weighted by atomic mass is 32.2. The Morgan fingerprint density at radius 2 is 2.09 bits per heavy atom. The van der Waals surface area contributed by atoms with Crippen molar-refractivity contribution in [2.24, 2.45) is 0 Å². The average Bonchev–Trinajstić information content (AvgIpc) is 3.01. The van der Waals surface area contributed by atoms with E-state index in [-0.39, 0.29) is 5.91 Å². The lowest BCUT2D eigenvalue weighted by molar-refractivity contribution is -0.896. The van der Waals surface area contributed by atoms with E-state index in [0.717, 1.165) is 31.8 Å². The van der Waals surface area contributed by atoms with Crippen LogP contribution in [0, 0.1) is 6.92 Å². The molecule has 0 spiro atoms. The molecular formula is C16H23N2O2S2+. The molecule has 1 saturated heterocycles. The van der Waals surface area contributed by atoms with Gasteiger partial charge in [0.25, 0.3) is 5.91 Å². The molecule has 1 aliphatic heterocycles. The second-order valence-corrected chi connectivity index (χ2v) is 7.02. The number of furan rings is 1. The number of thioether (sulfide) groups is 1. The third-order valence-electron chi connectivity index (χ3n) is 3.82. The molecule has 2 heterocycles. The number of aryl methyl sites for hydroxylation is 1. The molecule has 0 unspecified atom stereocenters. The summed E-state index contributed by atoms with van der Waals surface area (Å²) in [6, 6.07) is 3.76. The number of rotatable bonds is 7. The van der Waals surface area contributed by atoms with Crippen molar-refractivity contribution in [3.63, 3.8) is 0 Å². The van der Waals surface area contributed by atoms with E-state index in [2.05, 4.69) is 13.8 Å². The van der Waals surface area contributed by atoms with Crippen molar-refractivity contribution in [1.82, 2.24) is 4.90 Å². The molecule has 0 radical (unpaired) electrons. The number of hydrogen-bond donors (Lipinski definition) is 1. The number of thiocarbonyl (C=S) groups is 1. The number of carbonyl (C=O) groups excluding carboxylic acids is 1. The molecule has 2 rings (SSSR count). The second kappa shape index (κ2) is 7.94. The summed E-state index contributed by atoms with van der Waals surface area (Å²) in [4.78, 5) is 16.4. The van der Waals surface area contributed by atoms with Crippen LogP contribution in [0.15, 0.2) is 21.5 Å². The third-order valence-corrected chi connectivity index (χ3v) is 5.20. The highest BCUT2D eigenvalue weighted by Gasteiger charge is 2.32. The predicted octanol–water partition coefficient (Wildman–Crippen LogP) is 2.10. The van der Waals surface area contributed by atoms with Crippen LogP contribution in [0.5, 0.6) is 0 Å². The van der Waals surface area contributed by atoms with Crippen molar-refractivity contribution in [1.29, 1.82) is 0 Å². The van der Waals surface area contributed by atoms with Gasteiger partial charge in [0, 0.05) is 19.0 Å². The van der Waals surface area contributed by atoms with Gasteiger partial charge in [0.1, 0.15) is 15.8 Å². The van der Waals surface area contributed by atoms with E-state index in [1.165, 1.54) is 11.8 Å². The van der Waals surface area contributed by atoms with Gasteiger partial charge in [-0.3, -0.25) is 9.69 Å². The fraction of sp³-hybridized carbons (Fsp3) is 0.500. The summed E-state index contributed by atoms with van der Waals surface area (Å²) in [5.74, 6) is 1.54. The van der Waals surface area contributed by atoms with E-state index in [1.54, 1.807) is 15.9 Å². The Morgan fingerprint density at radius 1 is 1.36 bits per heavy atom. The van der Waals surface area contributed by atoms with Crippen LogP contribution in [0.25, 0.3) is 6.08 Å². The molecule has 0 saturated carbocycles. The maximum absolute atomic E-state index is 12.4. The van der Waals surface area contributed by atoms with Crippen LogP contribution < -0.4 is 4.90 Å². The van der Waals surface area contributed by atoms with Gasteiger partial charge in [-0.1, -0.05) is 24.0 Å². The molecule has 0 aromatic carbocycles. The standard InChI is InChI=1S/C16H22N2O2S2/c1-4-17(5-2)9-6-10-18-15(19)14(22-16(18)21)11-13-8-7-12(3)20-13/h7-8,11H,4-6,9-10H2,1-3H3/p+1/b14-11-. The molecule has 4 nitrogen and oxygen atoms in total. The molecule has 0 aliphatic carbocycles. The van der Waals surface area contributed by atoms with Crippen molar-refractivity contribution in [2.75, 3.05) is 26.2 Å². The SMILES string of the molecule is CC[NH+](CC)CCCN1C(=O)/C(=C/c2ccc(C)o2)SC1=S.